The topological polar surface area (TPSA) is 304 Å². The minimum atomic E-state index is -1.62. The van der Waals surface area contributed by atoms with E-state index in [9.17, 15) is 47.9 Å². The highest BCUT2D eigenvalue weighted by atomic mass is 127. The van der Waals surface area contributed by atoms with Gasteiger partial charge in [-0.3, -0.25) is 47.9 Å². The average Bonchev–Trinajstić information content (AvgIpc) is 4.03. The Labute approximate surface area is 422 Å². The first-order valence-electron chi connectivity index (χ1n) is 22.2. The van der Waals surface area contributed by atoms with E-state index in [2.05, 4.69) is 20.3 Å². The zero-order chi connectivity index (χ0) is 52.6. The molecule has 386 valence electrons. The zero-order valence-corrected chi connectivity index (χ0v) is 43.1. The maximum atomic E-state index is 14.5. The Morgan fingerprint density at radius 2 is 0.845 bits per heavy atom. The first-order valence-corrected chi connectivity index (χ1v) is 23.3. The molecule has 0 aliphatic carbocycles. The normalized spacial score (nSPS) is 14.1. The van der Waals surface area contributed by atoms with Gasteiger partial charge in [0, 0.05) is 73.3 Å². The lowest BCUT2D eigenvalue weighted by atomic mass is 9.77. The van der Waals surface area contributed by atoms with Crippen LogP contribution in [-0.2, 0) is 139 Å². The van der Waals surface area contributed by atoms with Crippen molar-refractivity contribution < 1.29 is 85.8 Å². The Morgan fingerprint density at radius 3 is 1.31 bits per heavy atom. The molecule has 3 aromatic rings. The number of carbonyl (C=O) groups is 10. The van der Waals surface area contributed by atoms with Gasteiger partial charge in [-0.15, -0.1) is 0 Å². The van der Waals surface area contributed by atoms with Crippen molar-refractivity contribution in [3.8, 4) is 0 Å². The van der Waals surface area contributed by atoms with Crippen LogP contribution < -0.4 is 5.32 Å². The van der Waals surface area contributed by atoms with Gasteiger partial charge < -0.3 is 58.2 Å². The molecule has 3 aromatic heterocycles. The van der Waals surface area contributed by atoms with E-state index in [0.29, 0.717) is 66.1 Å². The van der Waals surface area contributed by atoms with Crippen LogP contribution in [0.1, 0.15) is 105 Å². The molecule has 1 aliphatic heterocycles. The van der Waals surface area contributed by atoms with Crippen LogP contribution in [0.5, 0.6) is 0 Å². The molecule has 23 heteroatoms. The molecule has 1 aliphatic rings. The highest BCUT2D eigenvalue weighted by molar-refractivity contribution is 14.1. The van der Waals surface area contributed by atoms with Crippen LogP contribution in [0.3, 0.4) is 0 Å². The number of ether oxygens (including phenoxy) is 8. The fourth-order valence-corrected chi connectivity index (χ4v) is 9.66. The molecule has 0 saturated heterocycles. The van der Waals surface area contributed by atoms with E-state index >= 15 is 0 Å². The molecule has 22 nitrogen and oxygen atoms in total. The zero-order valence-electron chi connectivity index (χ0n) is 40.9. The number of rotatable bonds is 27. The van der Waals surface area contributed by atoms with Gasteiger partial charge in [0.15, 0.2) is 6.29 Å². The lowest BCUT2D eigenvalue weighted by Gasteiger charge is -2.33. The van der Waals surface area contributed by atoms with Gasteiger partial charge >= 0.3 is 47.8 Å². The number of aldehydes is 1. The predicted octanol–water partition coefficient (Wildman–Crippen LogP) is 2.61. The number of aromatic amines is 3. The lowest BCUT2D eigenvalue weighted by Crippen LogP contribution is -2.49. The second kappa shape index (κ2) is 26.4. The van der Waals surface area contributed by atoms with Gasteiger partial charge in [-0.2, -0.15) is 0 Å². The summed E-state index contributed by atoms with van der Waals surface area (Å²) in [5.41, 5.74) is 2.81. The fourth-order valence-electron chi connectivity index (χ4n) is 8.82. The fraction of sp³-hybridized carbons (Fsp3) is 0.500. The van der Waals surface area contributed by atoms with Crippen LogP contribution in [0.15, 0.2) is 11.1 Å². The molecule has 1 amide bonds. The molecule has 1 atom stereocenters. The van der Waals surface area contributed by atoms with Crippen molar-refractivity contribution in [2.45, 2.75) is 102 Å². The first kappa shape index (κ1) is 56.8. The number of hydrogen-bond acceptors (Lipinski definition) is 18. The van der Waals surface area contributed by atoms with Gasteiger partial charge in [0.2, 0.25) is 5.91 Å². The van der Waals surface area contributed by atoms with Gasteiger partial charge in [-0.05, 0) is 87.2 Å². The molecule has 0 radical (unpaired) electrons. The minimum absolute atomic E-state index is 0.0127. The second-order valence-corrected chi connectivity index (χ2v) is 17.4. The minimum Gasteiger partial charge on any atom is -0.469 e. The maximum Gasteiger partial charge on any atom is 0.310 e. The molecule has 0 spiro atoms. The van der Waals surface area contributed by atoms with Crippen molar-refractivity contribution in [3.63, 3.8) is 0 Å². The van der Waals surface area contributed by atoms with Crippen LogP contribution in [0.25, 0.3) is 0 Å². The van der Waals surface area contributed by atoms with Gasteiger partial charge in [-0.1, -0.05) is 0 Å². The Bertz CT molecular complexity index is 2570. The summed E-state index contributed by atoms with van der Waals surface area (Å²) in [6, 6.07) is 0. The molecule has 1 unspecified atom stereocenters. The van der Waals surface area contributed by atoms with Crippen molar-refractivity contribution in [2.75, 3.05) is 56.9 Å². The van der Waals surface area contributed by atoms with Gasteiger partial charge in [0.25, 0.3) is 0 Å². The molecular weight excluding hydrogens is 1050 g/mol. The number of nitrogens with one attached hydrogen (secondary N) is 4. The number of hydrogen-bond donors (Lipinski definition) is 4. The van der Waals surface area contributed by atoms with E-state index in [0.717, 1.165) is 0 Å². The largest absolute Gasteiger partial charge is 0.469 e. The van der Waals surface area contributed by atoms with E-state index in [-0.39, 0.29) is 107 Å². The van der Waals surface area contributed by atoms with Crippen molar-refractivity contribution in [2.24, 2.45) is 0 Å². The van der Waals surface area contributed by atoms with Gasteiger partial charge in [0.1, 0.15) is 0 Å². The summed E-state index contributed by atoms with van der Waals surface area (Å²) >= 11 is 2.01. The Morgan fingerprint density at radius 1 is 0.465 bits per heavy atom. The molecular formula is C48H59IN4O18. The molecule has 71 heavy (non-hydrogen) atoms. The number of amides is 1. The number of esters is 8. The van der Waals surface area contributed by atoms with E-state index in [4.69, 9.17) is 37.9 Å². The third-order valence-electron chi connectivity index (χ3n) is 12.4. The summed E-state index contributed by atoms with van der Waals surface area (Å²) in [5.74, 6) is -5.64. The standard InChI is InChI=1S/C48H59IN4O18/c1-64-38(55)13-9-25-30(18-43(60)69-6)36(50-33(25)21-34-29(17-42(59)68-5)26(37(24-54)51-34)10-14-39(56)65-2)23-48(32(20-45(62)71-8)28(47(63)53-48)12-16-41(58)67-4)22-35-27(11-15-40(57)66-3)31(46(49)52-35)19-44(61)70-7/h24,50-52H,9-23H2,1-8H3,(H,53,63). The highest BCUT2D eigenvalue weighted by Crippen LogP contribution is 2.41. The molecule has 0 bridgehead atoms. The number of H-pyrrole nitrogens is 3. The summed E-state index contributed by atoms with van der Waals surface area (Å²) in [7, 11) is 9.65. The highest BCUT2D eigenvalue weighted by Gasteiger charge is 2.47. The summed E-state index contributed by atoms with van der Waals surface area (Å²) in [5, 5.41) is 3.11. The van der Waals surface area contributed by atoms with E-state index in [1.54, 1.807) is 0 Å². The van der Waals surface area contributed by atoms with Gasteiger partial charge in [0.05, 0.1) is 97.5 Å². The number of methoxy groups -OCH3 is 8. The Kier molecular flexibility index (Phi) is 21.1. The molecule has 0 fully saturated rings. The van der Waals surface area contributed by atoms with Crippen molar-refractivity contribution in [1.29, 1.82) is 0 Å². The summed E-state index contributed by atoms with van der Waals surface area (Å²) in [4.78, 5) is 140. The smallest absolute Gasteiger partial charge is 0.310 e. The predicted molar refractivity (Wildman–Crippen MR) is 255 cm³/mol. The SMILES string of the molecule is COC(=O)CCC1=C(CC(=O)OC)C(Cc2[nH]c(I)c(CC(=O)OC)c2CCC(=O)OC)(Cc2[nH]c(Cc3[nH]c(C=O)c(CCC(=O)OC)c3CC(=O)OC)c(CCC(=O)OC)c2CC(=O)OC)NC1=O. The summed E-state index contributed by atoms with van der Waals surface area (Å²) in [6.45, 7) is 0. The van der Waals surface area contributed by atoms with Crippen LogP contribution in [0.4, 0.5) is 0 Å². The molecule has 0 saturated carbocycles. The maximum absolute atomic E-state index is 14.5. The van der Waals surface area contributed by atoms with Crippen LogP contribution >= 0.6 is 22.6 Å². The molecule has 4 heterocycles. The number of carbonyl (C=O) groups excluding carboxylic acids is 10. The van der Waals surface area contributed by atoms with Crippen molar-refractivity contribution in [1.82, 2.24) is 20.3 Å². The van der Waals surface area contributed by atoms with Crippen molar-refractivity contribution in [3.05, 3.63) is 76.7 Å². The summed E-state index contributed by atoms with van der Waals surface area (Å²) in [6.07, 6.45) is -2.04. The van der Waals surface area contributed by atoms with Crippen LogP contribution in [0, 0.1) is 3.70 Å². The average molecular weight is 1110 g/mol. The quantitative estimate of drug-likeness (QED) is 0.0369. The lowest BCUT2D eigenvalue weighted by molar-refractivity contribution is -0.141. The van der Waals surface area contributed by atoms with E-state index in [1.165, 1.54) is 56.9 Å². The third kappa shape index (κ3) is 14.4. The van der Waals surface area contributed by atoms with Crippen LogP contribution in [-0.4, -0.2) is 137 Å². The molecule has 4 rings (SSSR count). The first-order chi connectivity index (χ1) is 33.9. The Hall–Kier alpha value is -6.79. The molecule has 0 aromatic carbocycles. The van der Waals surface area contributed by atoms with E-state index < -0.39 is 65.6 Å². The van der Waals surface area contributed by atoms with Crippen LogP contribution in [0.2, 0.25) is 0 Å². The summed E-state index contributed by atoms with van der Waals surface area (Å²) < 4.78 is 40.5. The number of halogens is 1. The van der Waals surface area contributed by atoms with E-state index in [1.807, 2.05) is 22.6 Å². The number of aromatic nitrogens is 3. The Balaban J connectivity index is 2.13. The monoisotopic (exact) mass is 1110 g/mol. The second-order valence-electron chi connectivity index (χ2n) is 16.3. The molecule has 4 N–H and O–H groups in total. The third-order valence-corrected chi connectivity index (χ3v) is 13.3. The van der Waals surface area contributed by atoms with Crippen molar-refractivity contribution >= 4 is 82.5 Å². The van der Waals surface area contributed by atoms with Gasteiger partial charge in [-0.25, -0.2) is 0 Å².